The van der Waals surface area contributed by atoms with Crippen LogP contribution in [0, 0.1) is 0 Å². The van der Waals surface area contributed by atoms with E-state index < -0.39 is 12.1 Å². The van der Waals surface area contributed by atoms with Crippen molar-refractivity contribution in [1.82, 2.24) is 5.32 Å². The summed E-state index contributed by atoms with van der Waals surface area (Å²) in [6, 6.07) is -0.538. The number of esters is 1. The van der Waals surface area contributed by atoms with E-state index in [1.165, 1.54) is 289 Å². The van der Waals surface area contributed by atoms with Crippen molar-refractivity contribution in [2.75, 3.05) is 13.2 Å². The Morgan fingerprint density at radius 2 is 0.603 bits per heavy atom. The summed E-state index contributed by atoms with van der Waals surface area (Å²) in [6.45, 7) is 4.97. The lowest BCUT2D eigenvalue weighted by Gasteiger charge is -2.22. The van der Waals surface area contributed by atoms with Crippen molar-refractivity contribution in [2.24, 2.45) is 0 Å². The molecule has 0 saturated carbocycles. The van der Waals surface area contributed by atoms with Crippen LogP contribution in [0.25, 0.3) is 0 Å². The fourth-order valence-electron chi connectivity index (χ4n) is 10.1. The second kappa shape index (κ2) is 58.4. The summed E-state index contributed by atoms with van der Waals surface area (Å²) in [5.41, 5.74) is 0. The summed E-state index contributed by atoms with van der Waals surface area (Å²) in [4.78, 5) is 24.5. The molecule has 68 heavy (non-hydrogen) atoms. The van der Waals surface area contributed by atoms with Crippen LogP contribution in [0.1, 0.15) is 361 Å². The molecule has 0 radical (unpaired) electrons. The lowest BCUT2D eigenvalue weighted by atomic mass is 10.0. The second-order valence-electron chi connectivity index (χ2n) is 21.8. The first-order chi connectivity index (χ1) is 33.5. The molecule has 0 rings (SSSR count). The van der Waals surface area contributed by atoms with Gasteiger partial charge in [0, 0.05) is 12.8 Å². The van der Waals surface area contributed by atoms with E-state index in [9.17, 15) is 19.8 Å². The summed E-state index contributed by atoms with van der Waals surface area (Å²) < 4.78 is 5.51. The van der Waals surface area contributed by atoms with Crippen LogP contribution in [0.5, 0.6) is 0 Å². The molecule has 0 aliphatic carbocycles. The van der Waals surface area contributed by atoms with Crippen LogP contribution in [0.3, 0.4) is 0 Å². The Hall–Kier alpha value is -1.14. The number of rotatable bonds is 59. The van der Waals surface area contributed by atoms with E-state index in [2.05, 4.69) is 19.2 Å². The number of carbonyl (C=O) groups excluding carboxylic acids is 2. The highest BCUT2D eigenvalue weighted by Gasteiger charge is 2.20. The molecule has 0 spiro atoms. The highest BCUT2D eigenvalue weighted by molar-refractivity contribution is 5.76. The maximum atomic E-state index is 12.4. The number of nitrogens with one attached hydrogen (secondary N) is 1. The molecule has 2 unspecified atom stereocenters. The summed E-state index contributed by atoms with van der Waals surface area (Å²) in [5.74, 6) is -0.0158. The Morgan fingerprint density at radius 1 is 0.353 bits per heavy atom. The number of amides is 1. The maximum absolute atomic E-state index is 12.4. The molecular formula is C62H123NO5. The first-order valence-corrected chi connectivity index (χ1v) is 31.3. The van der Waals surface area contributed by atoms with Gasteiger partial charge < -0.3 is 20.3 Å². The van der Waals surface area contributed by atoms with E-state index in [4.69, 9.17) is 4.74 Å². The minimum absolute atomic E-state index is 0.0189. The molecule has 0 heterocycles. The van der Waals surface area contributed by atoms with Crippen LogP contribution in [-0.4, -0.2) is 47.4 Å². The molecule has 0 aromatic carbocycles. The summed E-state index contributed by atoms with van der Waals surface area (Å²) in [6.07, 6.45) is 68.4. The van der Waals surface area contributed by atoms with Crippen molar-refractivity contribution >= 4 is 11.9 Å². The molecule has 0 aromatic rings. The molecule has 3 N–H and O–H groups in total. The van der Waals surface area contributed by atoms with Gasteiger partial charge in [-0.1, -0.05) is 322 Å². The predicted molar refractivity (Wildman–Crippen MR) is 297 cm³/mol. The van der Waals surface area contributed by atoms with Crippen molar-refractivity contribution in [1.29, 1.82) is 0 Å². The standard InChI is InChI=1S/C62H123NO5/c1-3-5-7-9-11-13-15-16-17-18-23-27-30-33-36-40-44-48-52-56-62(67)68-57-53-49-45-41-37-34-31-28-25-22-20-19-21-24-26-29-32-35-39-43-47-51-55-61(66)63-59(58-64)60(65)54-50-46-42-38-14-12-10-8-6-4-2/h59-60,64-65H,3-58H2,1-2H3,(H,63,66). The highest BCUT2D eigenvalue weighted by Crippen LogP contribution is 2.19. The van der Waals surface area contributed by atoms with Crippen LogP contribution in [0.4, 0.5) is 0 Å². The summed E-state index contributed by atoms with van der Waals surface area (Å²) >= 11 is 0. The van der Waals surface area contributed by atoms with Gasteiger partial charge in [-0.3, -0.25) is 9.59 Å². The Labute approximate surface area is 426 Å². The molecule has 0 aliphatic rings. The minimum Gasteiger partial charge on any atom is -0.466 e. The van der Waals surface area contributed by atoms with Crippen molar-refractivity contribution < 1.29 is 24.5 Å². The molecule has 0 aliphatic heterocycles. The van der Waals surface area contributed by atoms with Gasteiger partial charge >= 0.3 is 5.97 Å². The molecule has 1 amide bonds. The average Bonchev–Trinajstić information content (AvgIpc) is 3.34. The number of aliphatic hydroxyl groups is 2. The fourth-order valence-corrected chi connectivity index (χ4v) is 10.1. The molecule has 0 aromatic heterocycles. The van der Waals surface area contributed by atoms with Gasteiger partial charge in [0.2, 0.25) is 5.91 Å². The van der Waals surface area contributed by atoms with Gasteiger partial charge in [-0.05, 0) is 25.7 Å². The molecule has 406 valence electrons. The van der Waals surface area contributed by atoms with E-state index in [0.717, 1.165) is 38.5 Å². The third kappa shape index (κ3) is 54.2. The van der Waals surface area contributed by atoms with Gasteiger partial charge in [0.25, 0.3) is 0 Å². The Balaban J connectivity index is 3.31. The number of unbranched alkanes of at least 4 members (excludes halogenated alkanes) is 48. The van der Waals surface area contributed by atoms with Crippen LogP contribution < -0.4 is 5.32 Å². The third-order valence-electron chi connectivity index (χ3n) is 14.9. The number of hydrogen-bond donors (Lipinski definition) is 3. The van der Waals surface area contributed by atoms with Gasteiger partial charge in [0.05, 0.1) is 25.4 Å². The lowest BCUT2D eigenvalue weighted by molar-refractivity contribution is -0.143. The zero-order valence-corrected chi connectivity index (χ0v) is 46.4. The van der Waals surface area contributed by atoms with E-state index >= 15 is 0 Å². The lowest BCUT2D eigenvalue weighted by Crippen LogP contribution is -2.45. The zero-order valence-electron chi connectivity index (χ0n) is 46.4. The van der Waals surface area contributed by atoms with Gasteiger partial charge in [0.1, 0.15) is 0 Å². The Bertz CT molecular complexity index is 975. The van der Waals surface area contributed by atoms with Crippen molar-refractivity contribution in [2.45, 2.75) is 373 Å². The van der Waals surface area contributed by atoms with Gasteiger partial charge in [0.15, 0.2) is 0 Å². The van der Waals surface area contributed by atoms with Gasteiger partial charge in [-0.2, -0.15) is 0 Å². The maximum Gasteiger partial charge on any atom is 0.305 e. The molecule has 6 heteroatoms. The first kappa shape index (κ1) is 66.9. The molecule has 0 saturated heterocycles. The predicted octanol–water partition coefficient (Wildman–Crippen LogP) is 19.5. The topological polar surface area (TPSA) is 95.9 Å². The van der Waals surface area contributed by atoms with E-state index in [1.54, 1.807) is 0 Å². The quantitative estimate of drug-likeness (QED) is 0.0417. The Morgan fingerprint density at radius 3 is 0.897 bits per heavy atom. The molecule has 2 atom stereocenters. The normalized spacial score (nSPS) is 12.5. The number of ether oxygens (including phenoxy) is 1. The monoisotopic (exact) mass is 962 g/mol. The van der Waals surface area contributed by atoms with Gasteiger partial charge in [-0.25, -0.2) is 0 Å². The SMILES string of the molecule is CCCCCCCCCCCCCCCCCCCCCC(=O)OCCCCCCCCCCCCCCCCCCCCCCCCC(=O)NC(CO)C(O)CCCCCCCCCCCC. The molecule has 0 fully saturated rings. The van der Waals surface area contributed by atoms with Gasteiger partial charge in [-0.15, -0.1) is 0 Å². The second-order valence-corrected chi connectivity index (χ2v) is 21.8. The van der Waals surface area contributed by atoms with Crippen LogP contribution in [0.2, 0.25) is 0 Å². The third-order valence-corrected chi connectivity index (χ3v) is 14.9. The summed E-state index contributed by atoms with van der Waals surface area (Å²) in [7, 11) is 0. The van der Waals surface area contributed by atoms with Crippen molar-refractivity contribution in [3.05, 3.63) is 0 Å². The Kier molecular flexibility index (Phi) is 57.5. The van der Waals surface area contributed by atoms with E-state index in [-0.39, 0.29) is 18.5 Å². The molecule has 6 nitrogen and oxygen atoms in total. The first-order valence-electron chi connectivity index (χ1n) is 31.3. The largest absolute Gasteiger partial charge is 0.466 e. The van der Waals surface area contributed by atoms with Crippen molar-refractivity contribution in [3.63, 3.8) is 0 Å². The molecule has 0 bridgehead atoms. The smallest absolute Gasteiger partial charge is 0.305 e. The van der Waals surface area contributed by atoms with Crippen LogP contribution in [0.15, 0.2) is 0 Å². The highest BCUT2D eigenvalue weighted by atomic mass is 16.5. The summed E-state index contributed by atoms with van der Waals surface area (Å²) in [5, 5.41) is 23.2. The number of carbonyl (C=O) groups is 2. The fraction of sp³-hybridized carbons (Fsp3) is 0.968. The number of aliphatic hydroxyl groups excluding tert-OH is 2. The van der Waals surface area contributed by atoms with Crippen LogP contribution >= 0.6 is 0 Å². The van der Waals surface area contributed by atoms with Crippen LogP contribution in [-0.2, 0) is 14.3 Å². The van der Waals surface area contributed by atoms with E-state index in [1.807, 2.05) is 0 Å². The minimum atomic E-state index is -0.661. The van der Waals surface area contributed by atoms with Crippen molar-refractivity contribution in [3.8, 4) is 0 Å². The zero-order chi connectivity index (χ0) is 49.3. The average molecular weight is 963 g/mol. The molecular weight excluding hydrogens is 839 g/mol. The number of hydrogen-bond acceptors (Lipinski definition) is 5. The van der Waals surface area contributed by atoms with E-state index in [0.29, 0.717) is 25.9 Å².